The van der Waals surface area contributed by atoms with Crippen LogP contribution in [-0.4, -0.2) is 0 Å². The third kappa shape index (κ3) is 1.47. The van der Waals surface area contributed by atoms with E-state index in [-0.39, 0.29) is 10.8 Å². The summed E-state index contributed by atoms with van der Waals surface area (Å²) in [6.45, 7) is 9.48. The van der Waals surface area contributed by atoms with Gasteiger partial charge in [-0.05, 0) is 50.9 Å². The second-order valence-corrected chi connectivity index (χ2v) is 8.30. The van der Waals surface area contributed by atoms with Crippen molar-refractivity contribution in [3.05, 3.63) is 81.4 Å². The minimum atomic E-state index is 0.0540. The highest BCUT2D eigenvalue weighted by Gasteiger charge is 2.43. The minimum Gasteiger partial charge on any atom is -0.0795 e. The third-order valence-corrected chi connectivity index (χ3v) is 6.08. The maximum absolute atomic E-state index is 2.49. The predicted molar refractivity (Wildman–Crippen MR) is 97.9 cm³/mol. The first kappa shape index (κ1) is 13.4. The van der Waals surface area contributed by atoms with Crippen molar-refractivity contribution in [2.24, 2.45) is 0 Å². The Morgan fingerprint density at radius 2 is 1.70 bits per heavy atom. The van der Waals surface area contributed by atoms with Gasteiger partial charge in [-0.15, -0.1) is 0 Å². The molecule has 3 aliphatic carbocycles. The molecule has 0 amide bonds. The van der Waals surface area contributed by atoms with Crippen LogP contribution in [0.3, 0.4) is 0 Å². The molecule has 0 atom stereocenters. The first-order valence-corrected chi connectivity index (χ1v) is 8.62. The largest absolute Gasteiger partial charge is 0.0795 e. The van der Waals surface area contributed by atoms with E-state index in [0.29, 0.717) is 0 Å². The van der Waals surface area contributed by atoms with Gasteiger partial charge < -0.3 is 0 Å². The average molecular weight is 298 g/mol. The number of allylic oxidation sites excluding steroid dienone is 2. The summed E-state index contributed by atoms with van der Waals surface area (Å²) in [5, 5.41) is 0. The summed E-state index contributed by atoms with van der Waals surface area (Å²) in [4.78, 5) is 0. The van der Waals surface area contributed by atoms with E-state index in [0.717, 1.165) is 6.42 Å². The van der Waals surface area contributed by atoms with Gasteiger partial charge in [0.25, 0.3) is 0 Å². The highest BCUT2D eigenvalue weighted by molar-refractivity contribution is 5.95. The summed E-state index contributed by atoms with van der Waals surface area (Å²) in [6, 6.07) is 11.6. The molecule has 0 heterocycles. The maximum Gasteiger partial charge on any atom is 0.0164 e. The molecule has 0 unspecified atom stereocenters. The smallest absolute Gasteiger partial charge is 0.0164 e. The van der Waals surface area contributed by atoms with Gasteiger partial charge >= 0.3 is 0 Å². The Morgan fingerprint density at radius 1 is 0.913 bits per heavy atom. The van der Waals surface area contributed by atoms with Gasteiger partial charge in [0, 0.05) is 10.8 Å². The van der Waals surface area contributed by atoms with Gasteiger partial charge in [-0.2, -0.15) is 0 Å². The molecule has 0 saturated heterocycles. The van der Waals surface area contributed by atoms with E-state index < -0.39 is 0 Å². The summed E-state index contributed by atoms with van der Waals surface area (Å²) >= 11 is 0. The quantitative estimate of drug-likeness (QED) is 0.592. The zero-order chi connectivity index (χ0) is 16.0. The Morgan fingerprint density at radius 3 is 2.52 bits per heavy atom. The lowest BCUT2D eigenvalue weighted by molar-refractivity contribution is 0.624. The van der Waals surface area contributed by atoms with Gasteiger partial charge in [-0.25, -0.2) is 0 Å². The summed E-state index contributed by atoms with van der Waals surface area (Å²) in [6.07, 6.45) is 8.21. The molecule has 0 bridgehead atoms. The first-order chi connectivity index (χ1) is 10.9. The summed E-state index contributed by atoms with van der Waals surface area (Å²) in [5.74, 6) is 0. The van der Waals surface area contributed by atoms with Gasteiger partial charge in [0.2, 0.25) is 0 Å². The van der Waals surface area contributed by atoms with Crippen molar-refractivity contribution in [3.63, 3.8) is 0 Å². The van der Waals surface area contributed by atoms with Crippen LogP contribution < -0.4 is 0 Å². The van der Waals surface area contributed by atoms with Gasteiger partial charge in [-0.1, -0.05) is 76.3 Å². The van der Waals surface area contributed by atoms with Crippen LogP contribution in [0.1, 0.15) is 66.6 Å². The highest BCUT2D eigenvalue weighted by atomic mass is 14.5. The van der Waals surface area contributed by atoms with E-state index in [1.807, 2.05) is 0 Å². The second-order valence-electron chi connectivity index (χ2n) is 8.30. The fourth-order valence-electron chi connectivity index (χ4n) is 4.99. The fraction of sp³-hybridized carbons (Fsp3) is 0.304. The molecule has 0 aromatic heterocycles. The predicted octanol–water partition coefficient (Wildman–Crippen LogP) is 5.62. The normalized spacial score (nSPS) is 20.8. The molecule has 0 aliphatic heterocycles. The molecule has 0 N–H and O–H groups in total. The van der Waals surface area contributed by atoms with E-state index >= 15 is 0 Å². The van der Waals surface area contributed by atoms with Gasteiger partial charge in [-0.3, -0.25) is 0 Å². The van der Waals surface area contributed by atoms with Crippen LogP contribution in [0.5, 0.6) is 0 Å². The maximum atomic E-state index is 2.49. The molecular formula is C23H22. The molecule has 5 rings (SSSR count). The molecule has 114 valence electrons. The van der Waals surface area contributed by atoms with Gasteiger partial charge in [0.1, 0.15) is 0 Å². The van der Waals surface area contributed by atoms with Crippen LogP contribution >= 0.6 is 0 Å². The molecule has 0 fully saturated rings. The number of fused-ring (bicyclic) bond motifs is 4. The van der Waals surface area contributed by atoms with E-state index in [1.54, 1.807) is 0 Å². The van der Waals surface area contributed by atoms with Crippen molar-refractivity contribution in [2.45, 2.75) is 44.9 Å². The second kappa shape index (κ2) is 3.87. The van der Waals surface area contributed by atoms with Gasteiger partial charge in [0.05, 0.1) is 0 Å². The van der Waals surface area contributed by atoms with Crippen molar-refractivity contribution in [1.29, 1.82) is 0 Å². The molecule has 0 spiro atoms. The standard InChI is InChI=1S/C23H22/c1-22(2)13-17-16-12-11-14-7-5-8-15(14)21(16)23(3,4)19-10-6-9-18(22)20(17)19/h5-6,8-13H,7H2,1-4H3. The van der Waals surface area contributed by atoms with Crippen molar-refractivity contribution in [1.82, 2.24) is 0 Å². The highest BCUT2D eigenvalue weighted by Crippen LogP contribution is 2.55. The van der Waals surface area contributed by atoms with E-state index in [9.17, 15) is 0 Å². The molecule has 0 nitrogen and oxygen atoms in total. The number of hydrogen-bond acceptors (Lipinski definition) is 0. The monoisotopic (exact) mass is 298 g/mol. The van der Waals surface area contributed by atoms with Crippen LogP contribution in [0.25, 0.3) is 11.6 Å². The molecule has 2 aromatic carbocycles. The summed E-state index contributed by atoms with van der Waals surface area (Å²) in [5.41, 5.74) is 12.0. The fourth-order valence-corrected chi connectivity index (χ4v) is 4.99. The lowest BCUT2D eigenvalue weighted by Crippen LogP contribution is -2.28. The van der Waals surface area contributed by atoms with Crippen LogP contribution in [0.15, 0.2) is 42.5 Å². The Labute approximate surface area is 138 Å². The van der Waals surface area contributed by atoms with Gasteiger partial charge in [0.15, 0.2) is 0 Å². The molecular weight excluding hydrogens is 276 g/mol. The van der Waals surface area contributed by atoms with E-state index in [4.69, 9.17) is 0 Å². The Bertz CT molecular complexity index is 933. The lowest BCUT2D eigenvalue weighted by Gasteiger charge is -2.38. The van der Waals surface area contributed by atoms with Crippen molar-refractivity contribution >= 4 is 11.6 Å². The zero-order valence-corrected chi connectivity index (χ0v) is 14.3. The average Bonchev–Trinajstić information content (AvgIpc) is 3.07. The third-order valence-electron chi connectivity index (χ3n) is 6.08. The van der Waals surface area contributed by atoms with Crippen LogP contribution in [0.2, 0.25) is 0 Å². The minimum absolute atomic E-state index is 0.0540. The van der Waals surface area contributed by atoms with E-state index in [2.05, 4.69) is 76.3 Å². The molecule has 0 heteroatoms. The number of rotatable bonds is 0. The Balaban J connectivity index is 1.96. The first-order valence-electron chi connectivity index (χ1n) is 8.62. The number of benzene rings is 2. The van der Waals surface area contributed by atoms with Crippen LogP contribution in [0.4, 0.5) is 0 Å². The van der Waals surface area contributed by atoms with Crippen LogP contribution in [0, 0.1) is 0 Å². The lowest BCUT2D eigenvalue weighted by atomic mass is 9.65. The van der Waals surface area contributed by atoms with Crippen molar-refractivity contribution < 1.29 is 0 Å². The zero-order valence-electron chi connectivity index (χ0n) is 14.3. The summed E-state index contributed by atoms with van der Waals surface area (Å²) < 4.78 is 0. The Kier molecular flexibility index (Phi) is 2.25. The van der Waals surface area contributed by atoms with E-state index in [1.165, 1.54) is 44.5 Å². The molecule has 3 aliphatic rings. The molecule has 0 saturated carbocycles. The molecule has 0 radical (unpaired) electrons. The van der Waals surface area contributed by atoms with Crippen molar-refractivity contribution in [3.8, 4) is 0 Å². The van der Waals surface area contributed by atoms with Crippen LogP contribution in [-0.2, 0) is 17.3 Å². The molecule has 23 heavy (non-hydrogen) atoms. The number of hydrogen-bond donors (Lipinski definition) is 0. The SMILES string of the molecule is CC1(C)C=C2c3ccc4c(c3C(C)(C)c3cccc1c32)C=CC4. The topological polar surface area (TPSA) is 0 Å². The molecule has 2 aromatic rings. The summed E-state index contributed by atoms with van der Waals surface area (Å²) in [7, 11) is 0. The van der Waals surface area contributed by atoms with Crippen molar-refractivity contribution in [2.75, 3.05) is 0 Å². The Hall–Kier alpha value is -2.08.